The maximum absolute atomic E-state index is 13.2. The van der Waals surface area contributed by atoms with Crippen molar-refractivity contribution in [2.75, 3.05) is 6.61 Å². The van der Waals surface area contributed by atoms with Gasteiger partial charge in [0, 0.05) is 29.0 Å². The van der Waals surface area contributed by atoms with Crippen LogP contribution >= 0.6 is 23.2 Å². The Hall–Kier alpha value is -2.67. The third-order valence-corrected chi connectivity index (χ3v) is 5.80. The Bertz CT molecular complexity index is 1380. The predicted octanol–water partition coefficient (Wildman–Crippen LogP) is 4.19. The second kappa shape index (κ2) is 7.54. The Morgan fingerprint density at radius 1 is 0.967 bits per heavy atom. The van der Waals surface area contributed by atoms with Crippen molar-refractivity contribution in [3.05, 3.63) is 79.5 Å². The van der Waals surface area contributed by atoms with Gasteiger partial charge in [-0.25, -0.2) is 4.98 Å². The molecule has 0 amide bonds. The number of rotatable bonds is 3. The first kappa shape index (κ1) is 19.3. The van der Waals surface area contributed by atoms with Gasteiger partial charge in [-0.15, -0.1) is 0 Å². The maximum Gasteiger partial charge on any atom is 0.264 e. The van der Waals surface area contributed by atoms with Crippen molar-refractivity contribution in [3.63, 3.8) is 0 Å². The number of hydrogen-bond donors (Lipinski definition) is 0. The predicted molar refractivity (Wildman–Crippen MR) is 118 cm³/mol. The van der Waals surface area contributed by atoms with Crippen LogP contribution < -0.4 is 11.1 Å². The lowest BCUT2D eigenvalue weighted by molar-refractivity contribution is 0.0963. The van der Waals surface area contributed by atoms with Gasteiger partial charge in [0.2, 0.25) is 0 Å². The minimum Gasteiger partial charge on any atom is -0.376 e. The smallest absolute Gasteiger partial charge is 0.264 e. The Morgan fingerprint density at radius 2 is 1.67 bits per heavy atom. The van der Waals surface area contributed by atoms with Gasteiger partial charge < -0.3 is 9.30 Å². The summed E-state index contributed by atoms with van der Waals surface area (Å²) in [4.78, 5) is 30.7. The fourth-order valence-electron chi connectivity index (χ4n) is 3.90. The summed E-state index contributed by atoms with van der Waals surface area (Å²) in [5.41, 5.74) is 1.14. The minimum atomic E-state index is -0.297. The zero-order valence-corrected chi connectivity index (χ0v) is 17.4. The molecule has 152 valence electrons. The fraction of sp³-hybridized carbons (Fsp3) is 0.227. The molecular weight excluding hydrogens is 425 g/mol. The molecule has 0 bridgehead atoms. The second-order valence-corrected chi connectivity index (χ2v) is 8.25. The zero-order valence-electron chi connectivity index (χ0n) is 15.8. The molecular formula is C22H17Cl2N3O3. The third kappa shape index (κ3) is 3.41. The summed E-state index contributed by atoms with van der Waals surface area (Å²) in [6, 6.07) is 10.1. The van der Waals surface area contributed by atoms with E-state index in [0.29, 0.717) is 44.1 Å². The van der Waals surface area contributed by atoms with Gasteiger partial charge in [-0.1, -0.05) is 23.2 Å². The summed E-state index contributed by atoms with van der Waals surface area (Å²) in [5, 5.41) is 1.62. The summed E-state index contributed by atoms with van der Waals surface area (Å²) in [6.45, 7) is 1.22. The molecule has 0 spiro atoms. The highest BCUT2D eigenvalue weighted by Gasteiger charge is 2.17. The molecule has 5 rings (SSSR count). The highest BCUT2D eigenvalue weighted by atomic mass is 35.5. The van der Waals surface area contributed by atoms with Gasteiger partial charge in [0.1, 0.15) is 0 Å². The quantitative estimate of drug-likeness (QED) is 0.447. The van der Waals surface area contributed by atoms with E-state index in [4.69, 9.17) is 27.9 Å². The fourth-order valence-corrected chi connectivity index (χ4v) is 4.41. The Labute approximate surface area is 181 Å². The van der Waals surface area contributed by atoms with Gasteiger partial charge >= 0.3 is 0 Å². The number of hydrogen-bond acceptors (Lipinski definition) is 4. The first-order chi connectivity index (χ1) is 14.5. The van der Waals surface area contributed by atoms with E-state index in [0.717, 1.165) is 19.4 Å². The number of pyridine rings is 3. The zero-order chi connectivity index (χ0) is 20.8. The van der Waals surface area contributed by atoms with E-state index in [1.54, 1.807) is 53.4 Å². The molecule has 1 aliphatic rings. The number of fused-ring (bicyclic) bond motifs is 2. The molecule has 0 radical (unpaired) electrons. The number of benzene rings is 1. The van der Waals surface area contributed by atoms with E-state index in [-0.39, 0.29) is 17.2 Å². The van der Waals surface area contributed by atoms with E-state index < -0.39 is 0 Å². The molecule has 1 saturated heterocycles. The molecule has 1 fully saturated rings. The monoisotopic (exact) mass is 441 g/mol. The second-order valence-electron chi connectivity index (χ2n) is 7.38. The van der Waals surface area contributed by atoms with E-state index in [1.165, 1.54) is 4.57 Å². The summed E-state index contributed by atoms with van der Waals surface area (Å²) >= 11 is 12.2. The first-order valence-corrected chi connectivity index (χ1v) is 10.4. The van der Waals surface area contributed by atoms with Crippen LogP contribution in [0, 0.1) is 0 Å². The van der Waals surface area contributed by atoms with Gasteiger partial charge in [-0.05, 0) is 49.2 Å². The normalized spacial score (nSPS) is 16.5. The summed E-state index contributed by atoms with van der Waals surface area (Å²) < 4.78 is 8.72. The van der Waals surface area contributed by atoms with Crippen LogP contribution in [0.1, 0.15) is 12.8 Å². The van der Waals surface area contributed by atoms with Crippen LogP contribution in [-0.2, 0) is 11.3 Å². The van der Waals surface area contributed by atoms with Crippen LogP contribution in [0.2, 0.25) is 10.0 Å². The van der Waals surface area contributed by atoms with Crippen LogP contribution in [0.5, 0.6) is 0 Å². The topological polar surface area (TPSA) is 66.1 Å². The Balaban J connectivity index is 1.68. The molecule has 0 saturated carbocycles. The molecule has 0 aliphatic carbocycles. The summed E-state index contributed by atoms with van der Waals surface area (Å²) in [5.74, 6) is 0. The van der Waals surface area contributed by atoms with Crippen LogP contribution in [-0.4, -0.2) is 26.8 Å². The third-order valence-electron chi connectivity index (χ3n) is 5.37. The van der Waals surface area contributed by atoms with Crippen LogP contribution in [0.4, 0.5) is 0 Å². The molecule has 6 nitrogen and oxygen atoms in total. The van der Waals surface area contributed by atoms with E-state index in [2.05, 4.69) is 4.98 Å². The molecule has 4 aromatic rings. The van der Waals surface area contributed by atoms with E-state index in [1.807, 2.05) is 0 Å². The Kier molecular flexibility index (Phi) is 4.85. The molecule has 0 N–H and O–H groups in total. The van der Waals surface area contributed by atoms with Crippen molar-refractivity contribution in [1.29, 1.82) is 0 Å². The van der Waals surface area contributed by atoms with Crippen molar-refractivity contribution in [2.24, 2.45) is 0 Å². The van der Waals surface area contributed by atoms with Crippen molar-refractivity contribution >= 4 is 45.0 Å². The van der Waals surface area contributed by atoms with Crippen molar-refractivity contribution in [3.8, 4) is 5.69 Å². The van der Waals surface area contributed by atoms with Gasteiger partial charge in [0.25, 0.3) is 11.1 Å². The van der Waals surface area contributed by atoms with Gasteiger partial charge in [0.15, 0.2) is 0 Å². The lowest BCUT2D eigenvalue weighted by Gasteiger charge is -2.13. The molecule has 1 unspecified atom stereocenters. The summed E-state index contributed by atoms with van der Waals surface area (Å²) in [6.07, 6.45) is 5.35. The molecule has 3 aromatic heterocycles. The molecule has 1 atom stereocenters. The lowest BCUT2D eigenvalue weighted by atomic mass is 10.1. The van der Waals surface area contributed by atoms with Crippen molar-refractivity contribution in [2.45, 2.75) is 25.5 Å². The average molecular weight is 442 g/mol. The first-order valence-electron chi connectivity index (χ1n) is 9.63. The largest absolute Gasteiger partial charge is 0.376 e. The van der Waals surface area contributed by atoms with Crippen molar-refractivity contribution in [1.82, 2.24) is 14.1 Å². The SMILES string of the molecule is O=c1c2cc3c(=O)n(-c4cc(Cl)cc(Cl)c4)ccc3nc2ccn1CC1CCCO1. The van der Waals surface area contributed by atoms with E-state index >= 15 is 0 Å². The maximum atomic E-state index is 13.2. The van der Waals surface area contributed by atoms with Gasteiger partial charge in [0.05, 0.1) is 40.1 Å². The molecule has 1 aliphatic heterocycles. The molecule has 8 heteroatoms. The molecule has 1 aromatic carbocycles. The summed E-state index contributed by atoms with van der Waals surface area (Å²) in [7, 11) is 0. The lowest BCUT2D eigenvalue weighted by Crippen LogP contribution is -2.26. The van der Waals surface area contributed by atoms with Crippen LogP contribution in [0.15, 0.2) is 58.4 Å². The Morgan fingerprint density at radius 3 is 2.37 bits per heavy atom. The highest BCUT2D eigenvalue weighted by molar-refractivity contribution is 6.34. The van der Waals surface area contributed by atoms with Crippen molar-refractivity contribution < 1.29 is 4.74 Å². The van der Waals surface area contributed by atoms with Gasteiger partial charge in [-0.2, -0.15) is 0 Å². The van der Waals surface area contributed by atoms with Crippen LogP contribution in [0.3, 0.4) is 0 Å². The number of nitrogens with zero attached hydrogens (tertiary/aromatic N) is 3. The number of halogens is 2. The average Bonchev–Trinajstić information content (AvgIpc) is 3.22. The van der Waals surface area contributed by atoms with Gasteiger partial charge in [-0.3, -0.25) is 14.2 Å². The van der Waals surface area contributed by atoms with E-state index in [9.17, 15) is 9.59 Å². The van der Waals surface area contributed by atoms with Crippen LogP contribution in [0.25, 0.3) is 27.5 Å². The highest BCUT2D eigenvalue weighted by Crippen LogP contribution is 2.22. The molecule has 4 heterocycles. The number of aromatic nitrogens is 3. The minimum absolute atomic E-state index is 0.0402. The number of ether oxygens (including phenoxy) is 1. The standard InChI is InChI=1S/C22H17Cl2N3O3/c23-13-8-14(24)10-15(9-13)27-6-4-20-18(22(27)29)11-17-19(25-20)3-5-26(21(17)28)12-16-2-1-7-30-16/h3-6,8-11,16H,1-2,7,12H2. The molecule has 30 heavy (non-hydrogen) atoms.